The van der Waals surface area contributed by atoms with E-state index in [1.54, 1.807) is 13.8 Å². The number of aromatic nitrogens is 3. The van der Waals surface area contributed by atoms with E-state index in [4.69, 9.17) is 5.73 Å². The molecule has 3 amide bonds. The predicted molar refractivity (Wildman–Crippen MR) is 143 cm³/mol. The summed E-state index contributed by atoms with van der Waals surface area (Å²) in [6.07, 6.45) is 6.09. The molecule has 12 nitrogen and oxygen atoms in total. The van der Waals surface area contributed by atoms with Gasteiger partial charge in [0.25, 0.3) is 0 Å². The molecule has 1 fully saturated rings. The average molecular weight is 538 g/mol. The first kappa shape index (κ1) is 27.8. The molecule has 0 bridgehead atoms. The minimum absolute atomic E-state index is 0.0895. The van der Waals surface area contributed by atoms with E-state index >= 15 is 0 Å². The summed E-state index contributed by atoms with van der Waals surface area (Å²) in [5.41, 5.74) is 8.66. The molecule has 1 aromatic carbocycles. The zero-order chi connectivity index (χ0) is 28.1. The number of hydrogen-bond acceptors (Lipinski definition) is 6. The zero-order valence-corrected chi connectivity index (χ0v) is 22.0. The number of benzene rings is 1. The van der Waals surface area contributed by atoms with Crippen molar-refractivity contribution in [1.29, 1.82) is 0 Å². The van der Waals surface area contributed by atoms with Crippen molar-refractivity contribution >= 4 is 34.6 Å². The second-order valence-corrected chi connectivity index (χ2v) is 10.3. The number of nitrogens with two attached hydrogens (primary N) is 1. The molecule has 0 saturated carbocycles. The highest BCUT2D eigenvalue weighted by Crippen LogP contribution is 2.20. The van der Waals surface area contributed by atoms with Gasteiger partial charge in [-0.25, -0.2) is 9.78 Å². The zero-order valence-electron chi connectivity index (χ0n) is 22.0. The lowest BCUT2D eigenvalue weighted by molar-refractivity contribution is -0.149. The number of carbonyl (C=O) groups excluding carboxylic acids is 3. The van der Waals surface area contributed by atoms with Crippen LogP contribution in [0.1, 0.15) is 37.9 Å². The maximum Gasteiger partial charge on any atom is 0.326 e. The molecule has 2 aromatic heterocycles. The van der Waals surface area contributed by atoms with Gasteiger partial charge >= 0.3 is 5.97 Å². The number of likely N-dealkylation sites (tertiary alicyclic amines) is 1. The SMILES string of the molecule is CC(C)C(NC(=O)C(N)Cc1c[nH]c2ccccc12)C(=O)NC(Cc1cnc[nH]1)C(=O)N1CCCC1C(=O)O. The number of para-hydroxylation sites is 1. The molecule has 4 rings (SSSR count). The van der Waals surface area contributed by atoms with Crippen LogP contribution in [0.4, 0.5) is 0 Å². The number of amides is 3. The van der Waals surface area contributed by atoms with Crippen molar-refractivity contribution in [3.05, 3.63) is 54.2 Å². The first-order chi connectivity index (χ1) is 18.7. The molecule has 39 heavy (non-hydrogen) atoms. The van der Waals surface area contributed by atoms with Gasteiger partial charge in [0.15, 0.2) is 0 Å². The van der Waals surface area contributed by atoms with Crippen molar-refractivity contribution in [1.82, 2.24) is 30.5 Å². The number of carbonyl (C=O) groups is 4. The maximum absolute atomic E-state index is 13.4. The summed E-state index contributed by atoms with van der Waals surface area (Å²) < 4.78 is 0. The average Bonchev–Trinajstić information content (AvgIpc) is 3.67. The molecule has 0 radical (unpaired) electrons. The van der Waals surface area contributed by atoms with E-state index in [1.807, 2.05) is 30.5 Å². The van der Waals surface area contributed by atoms with E-state index in [-0.39, 0.29) is 25.3 Å². The minimum atomic E-state index is -1.08. The quantitative estimate of drug-likeness (QED) is 0.208. The van der Waals surface area contributed by atoms with Gasteiger partial charge in [0, 0.05) is 42.0 Å². The smallest absolute Gasteiger partial charge is 0.326 e. The largest absolute Gasteiger partial charge is 0.480 e. The number of H-pyrrole nitrogens is 2. The molecular formula is C27H35N7O5. The third-order valence-corrected chi connectivity index (χ3v) is 7.11. The van der Waals surface area contributed by atoms with Gasteiger partial charge in [0.2, 0.25) is 17.7 Å². The van der Waals surface area contributed by atoms with E-state index in [0.717, 1.165) is 16.5 Å². The number of nitrogens with zero attached hydrogens (tertiary/aromatic N) is 2. The number of carboxylic acids is 1. The fraction of sp³-hybridized carbons (Fsp3) is 0.444. The molecule has 0 aliphatic carbocycles. The molecule has 1 saturated heterocycles. The monoisotopic (exact) mass is 537 g/mol. The Morgan fingerprint density at radius 2 is 1.90 bits per heavy atom. The van der Waals surface area contributed by atoms with Crippen LogP contribution in [-0.4, -0.2) is 79.4 Å². The van der Waals surface area contributed by atoms with Gasteiger partial charge < -0.3 is 36.3 Å². The van der Waals surface area contributed by atoms with Crippen molar-refractivity contribution in [2.75, 3.05) is 6.54 Å². The predicted octanol–water partition coefficient (Wildman–Crippen LogP) is 0.705. The molecule has 3 heterocycles. The Kier molecular flexibility index (Phi) is 8.65. The lowest BCUT2D eigenvalue weighted by atomic mass is 10.00. The Balaban J connectivity index is 1.46. The van der Waals surface area contributed by atoms with Gasteiger partial charge in [-0.3, -0.25) is 14.4 Å². The highest BCUT2D eigenvalue weighted by atomic mass is 16.4. The lowest BCUT2D eigenvalue weighted by Crippen LogP contribution is -2.59. The second kappa shape index (κ2) is 12.1. The van der Waals surface area contributed by atoms with Crippen molar-refractivity contribution < 1.29 is 24.3 Å². The van der Waals surface area contributed by atoms with Crippen molar-refractivity contribution in [3.63, 3.8) is 0 Å². The molecule has 4 atom stereocenters. The molecule has 3 aromatic rings. The van der Waals surface area contributed by atoms with Crippen LogP contribution in [0.2, 0.25) is 0 Å². The summed E-state index contributed by atoms with van der Waals surface area (Å²) in [5, 5.41) is 16.0. The Morgan fingerprint density at radius 1 is 1.13 bits per heavy atom. The first-order valence-corrected chi connectivity index (χ1v) is 13.1. The number of hydrogen-bond donors (Lipinski definition) is 6. The standard InChI is InChI=1S/C27H35N7O5/c1-15(2)23(33-24(35)19(28)10-16-12-30-20-7-4-3-6-18(16)20)25(36)32-21(11-17-13-29-14-31-17)26(37)34-9-5-8-22(34)27(38)39/h3-4,6-7,12-15,19,21-23,30H,5,8-11,28H2,1-2H3,(H,29,31)(H,32,36)(H,33,35)(H,38,39). The highest BCUT2D eigenvalue weighted by molar-refractivity contribution is 5.95. The van der Waals surface area contributed by atoms with Crippen molar-refractivity contribution in [2.45, 2.75) is 63.7 Å². The van der Waals surface area contributed by atoms with Gasteiger partial charge in [-0.1, -0.05) is 32.0 Å². The Labute approximate surface area is 225 Å². The van der Waals surface area contributed by atoms with Crippen LogP contribution in [0, 0.1) is 5.92 Å². The molecular weight excluding hydrogens is 502 g/mol. The number of imidazole rings is 1. The van der Waals surface area contributed by atoms with Crippen LogP contribution in [0.5, 0.6) is 0 Å². The topological polar surface area (TPSA) is 186 Å². The highest BCUT2D eigenvalue weighted by Gasteiger charge is 2.39. The van der Waals surface area contributed by atoms with Crippen LogP contribution in [0.25, 0.3) is 10.9 Å². The summed E-state index contributed by atoms with van der Waals surface area (Å²) in [4.78, 5) is 62.9. The Bertz CT molecular complexity index is 1320. The lowest BCUT2D eigenvalue weighted by Gasteiger charge is -2.29. The molecule has 208 valence electrons. The molecule has 1 aliphatic rings. The van der Waals surface area contributed by atoms with Gasteiger partial charge in [-0.2, -0.15) is 0 Å². The maximum atomic E-state index is 13.4. The number of nitrogens with one attached hydrogen (secondary N) is 4. The summed E-state index contributed by atoms with van der Waals surface area (Å²) in [6.45, 7) is 3.85. The summed E-state index contributed by atoms with van der Waals surface area (Å²) >= 11 is 0. The van der Waals surface area contributed by atoms with E-state index in [1.165, 1.54) is 17.4 Å². The van der Waals surface area contributed by atoms with Crippen molar-refractivity contribution in [3.8, 4) is 0 Å². The van der Waals surface area contributed by atoms with E-state index in [0.29, 0.717) is 18.5 Å². The third kappa shape index (κ3) is 6.45. The van der Waals surface area contributed by atoms with Crippen LogP contribution >= 0.6 is 0 Å². The van der Waals surface area contributed by atoms with Gasteiger partial charge in [-0.15, -0.1) is 0 Å². The number of rotatable bonds is 11. The van der Waals surface area contributed by atoms with Crippen LogP contribution < -0.4 is 16.4 Å². The number of aliphatic carboxylic acids is 1. The summed E-state index contributed by atoms with van der Waals surface area (Å²) in [6, 6.07) is 3.85. The third-order valence-electron chi connectivity index (χ3n) is 7.11. The normalized spacial score (nSPS) is 17.6. The Morgan fingerprint density at radius 3 is 2.59 bits per heavy atom. The Hall–Kier alpha value is -4.19. The molecule has 4 unspecified atom stereocenters. The summed E-state index contributed by atoms with van der Waals surface area (Å²) in [5.74, 6) is -2.93. The van der Waals surface area contributed by atoms with E-state index in [9.17, 15) is 24.3 Å². The van der Waals surface area contributed by atoms with Crippen LogP contribution in [0.15, 0.2) is 43.0 Å². The number of aromatic amines is 2. The fourth-order valence-electron chi connectivity index (χ4n) is 4.99. The van der Waals surface area contributed by atoms with Crippen molar-refractivity contribution in [2.24, 2.45) is 11.7 Å². The van der Waals surface area contributed by atoms with Gasteiger partial charge in [-0.05, 0) is 36.8 Å². The van der Waals surface area contributed by atoms with Gasteiger partial charge in [0.05, 0.1) is 12.4 Å². The molecule has 7 N–H and O–H groups in total. The number of carboxylic acid groups (broad SMARTS) is 1. The fourth-order valence-corrected chi connectivity index (χ4v) is 4.99. The first-order valence-electron chi connectivity index (χ1n) is 13.1. The van der Waals surface area contributed by atoms with Crippen LogP contribution in [-0.2, 0) is 32.0 Å². The van der Waals surface area contributed by atoms with E-state index in [2.05, 4.69) is 25.6 Å². The number of fused-ring (bicyclic) bond motifs is 1. The van der Waals surface area contributed by atoms with Gasteiger partial charge in [0.1, 0.15) is 18.1 Å². The summed E-state index contributed by atoms with van der Waals surface area (Å²) in [7, 11) is 0. The molecule has 12 heteroatoms. The minimum Gasteiger partial charge on any atom is -0.480 e. The second-order valence-electron chi connectivity index (χ2n) is 10.3. The van der Waals surface area contributed by atoms with Crippen LogP contribution in [0.3, 0.4) is 0 Å². The van der Waals surface area contributed by atoms with E-state index < -0.39 is 47.9 Å². The molecule has 0 spiro atoms. The molecule has 1 aliphatic heterocycles.